The molecule has 0 spiro atoms. The number of benzene rings is 1. The van der Waals surface area contributed by atoms with Crippen LogP contribution in [-0.2, 0) is 6.61 Å². The number of aryl methyl sites for hydroxylation is 1. The molecule has 0 unspecified atom stereocenters. The fourth-order valence-electron chi connectivity index (χ4n) is 2.84. The number of H-pyrrole nitrogens is 1. The number of nitrogens with zero attached hydrogens (tertiary/aromatic N) is 3. The van der Waals surface area contributed by atoms with Crippen molar-refractivity contribution in [3.8, 4) is 28.4 Å². The van der Waals surface area contributed by atoms with Gasteiger partial charge in [0.05, 0.1) is 5.69 Å². The lowest BCUT2D eigenvalue weighted by molar-refractivity contribution is 0.297. The SMILES string of the molecule is Cc1cc(-c2nc(-c3ccc(Cl)nc3)[nH]c2Cl)ccc1OCc1cccc(F)n1. The van der Waals surface area contributed by atoms with Crippen LogP contribution < -0.4 is 4.74 Å². The fraction of sp³-hybridized carbons (Fsp3) is 0.0952. The summed E-state index contributed by atoms with van der Waals surface area (Å²) in [5.74, 6) is 0.746. The molecule has 0 bridgehead atoms. The van der Waals surface area contributed by atoms with E-state index in [-0.39, 0.29) is 6.61 Å². The number of hydrogen-bond donors (Lipinski definition) is 1. The number of aromatic nitrogens is 4. The number of nitrogens with one attached hydrogen (secondary N) is 1. The van der Waals surface area contributed by atoms with Crippen molar-refractivity contribution in [2.45, 2.75) is 13.5 Å². The van der Waals surface area contributed by atoms with Crippen LogP contribution in [0.1, 0.15) is 11.3 Å². The number of rotatable bonds is 5. The normalized spacial score (nSPS) is 10.9. The van der Waals surface area contributed by atoms with Gasteiger partial charge in [0.1, 0.15) is 34.2 Å². The summed E-state index contributed by atoms with van der Waals surface area (Å²) in [5.41, 5.74) is 3.66. The van der Waals surface area contributed by atoms with E-state index in [0.717, 1.165) is 16.7 Å². The highest BCUT2D eigenvalue weighted by atomic mass is 35.5. The monoisotopic (exact) mass is 428 g/mol. The molecule has 0 fully saturated rings. The Morgan fingerprint density at radius 3 is 2.59 bits per heavy atom. The lowest BCUT2D eigenvalue weighted by Gasteiger charge is -2.10. The van der Waals surface area contributed by atoms with Crippen LogP contribution in [0.3, 0.4) is 0 Å². The molecule has 146 valence electrons. The van der Waals surface area contributed by atoms with Gasteiger partial charge in [0.15, 0.2) is 0 Å². The van der Waals surface area contributed by atoms with E-state index in [0.29, 0.717) is 33.3 Å². The third-order valence-electron chi connectivity index (χ3n) is 4.26. The molecule has 0 amide bonds. The molecule has 3 aromatic heterocycles. The third kappa shape index (κ3) is 4.39. The molecular formula is C21H15Cl2FN4O. The van der Waals surface area contributed by atoms with E-state index in [1.54, 1.807) is 24.4 Å². The minimum atomic E-state index is -0.530. The Hall–Kier alpha value is -2.96. The van der Waals surface area contributed by atoms with Crippen LogP contribution in [0.25, 0.3) is 22.6 Å². The van der Waals surface area contributed by atoms with E-state index in [9.17, 15) is 4.39 Å². The van der Waals surface area contributed by atoms with E-state index in [1.807, 2.05) is 31.2 Å². The Morgan fingerprint density at radius 2 is 1.86 bits per heavy atom. The minimum absolute atomic E-state index is 0.175. The van der Waals surface area contributed by atoms with Crippen molar-refractivity contribution in [1.29, 1.82) is 0 Å². The molecule has 8 heteroatoms. The molecule has 0 atom stereocenters. The second-order valence-corrected chi connectivity index (χ2v) is 7.10. The number of pyridine rings is 2. The summed E-state index contributed by atoms with van der Waals surface area (Å²) >= 11 is 12.2. The summed E-state index contributed by atoms with van der Waals surface area (Å²) in [6.45, 7) is 2.09. The van der Waals surface area contributed by atoms with Crippen molar-refractivity contribution in [2.75, 3.05) is 0 Å². The quantitative estimate of drug-likeness (QED) is 0.403. The standard InChI is InChI=1S/C21H15Cl2FN4O/c1-12-9-13(5-7-16(12)29-11-15-3-2-4-18(24)26-15)19-20(23)28-21(27-19)14-6-8-17(22)25-10-14/h2-10H,11H2,1H3,(H,27,28). The van der Waals surface area contributed by atoms with Gasteiger partial charge in [-0.25, -0.2) is 15.0 Å². The van der Waals surface area contributed by atoms with Crippen LogP contribution in [0, 0.1) is 12.9 Å². The average Bonchev–Trinajstić information content (AvgIpc) is 3.09. The lowest BCUT2D eigenvalue weighted by Crippen LogP contribution is -2.00. The predicted molar refractivity (Wildman–Crippen MR) is 111 cm³/mol. The molecule has 0 aliphatic rings. The van der Waals surface area contributed by atoms with Gasteiger partial charge >= 0.3 is 0 Å². The number of ether oxygens (including phenoxy) is 1. The Bertz CT molecular complexity index is 1160. The smallest absolute Gasteiger partial charge is 0.213 e. The molecule has 0 aliphatic carbocycles. The van der Waals surface area contributed by atoms with E-state index in [1.165, 1.54) is 6.07 Å². The van der Waals surface area contributed by atoms with Gasteiger partial charge < -0.3 is 9.72 Å². The van der Waals surface area contributed by atoms with Gasteiger partial charge in [0.2, 0.25) is 5.95 Å². The molecule has 0 saturated heterocycles. The number of aromatic amines is 1. The molecule has 1 aromatic carbocycles. The molecule has 3 heterocycles. The van der Waals surface area contributed by atoms with Gasteiger partial charge in [-0.2, -0.15) is 4.39 Å². The van der Waals surface area contributed by atoms with Crippen molar-refractivity contribution in [3.63, 3.8) is 0 Å². The molecule has 29 heavy (non-hydrogen) atoms. The summed E-state index contributed by atoms with van der Waals surface area (Å²) in [4.78, 5) is 15.5. The zero-order valence-electron chi connectivity index (χ0n) is 15.3. The van der Waals surface area contributed by atoms with Crippen LogP contribution in [0.4, 0.5) is 4.39 Å². The highest BCUT2D eigenvalue weighted by molar-refractivity contribution is 6.32. The van der Waals surface area contributed by atoms with Crippen molar-refractivity contribution >= 4 is 23.2 Å². The number of halogens is 3. The summed E-state index contributed by atoms with van der Waals surface area (Å²) in [6.07, 6.45) is 1.63. The minimum Gasteiger partial charge on any atom is -0.487 e. The van der Waals surface area contributed by atoms with Crippen molar-refractivity contribution < 1.29 is 9.13 Å². The Kier molecular flexibility index (Phi) is 5.47. The van der Waals surface area contributed by atoms with Gasteiger partial charge in [-0.1, -0.05) is 29.3 Å². The zero-order chi connectivity index (χ0) is 20.4. The molecular weight excluding hydrogens is 414 g/mol. The second-order valence-electron chi connectivity index (χ2n) is 6.34. The highest BCUT2D eigenvalue weighted by Crippen LogP contribution is 2.32. The maximum Gasteiger partial charge on any atom is 0.213 e. The summed E-state index contributed by atoms with van der Waals surface area (Å²) in [5, 5.41) is 0.832. The van der Waals surface area contributed by atoms with Gasteiger partial charge in [-0.3, -0.25) is 0 Å². The van der Waals surface area contributed by atoms with Crippen LogP contribution in [0.15, 0.2) is 54.7 Å². The molecule has 0 saturated carbocycles. The van der Waals surface area contributed by atoms with Crippen molar-refractivity contribution in [3.05, 3.63) is 82.2 Å². The van der Waals surface area contributed by atoms with Gasteiger partial charge in [-0.05, 0) is 55.0 Å². The maximum absolute atomic E-state index is 13.2. The Labute approximate surface area is 176 Å². The highest BCUT2D eigenvalue weighted by Gasteiger charge is 2.14. The third-order valence-corrected chi connectivity index (χ3v) is 4.75. The summed E-state index contributed by atoms with van der Waals surface area (Å²) < 4.78 is 19.0. The van der Waals surface area contributed by atoms with E-state index in [4.69, 9.17) is 27.9 Å². The first-order chi connectivity index (χ1) is 14.0. The van der Waals surface area contributed by atoms with Crippen LogP contribution in [0.2, 0.25) is 10.3 Å². The first-order valence-corrected chi connectivity index (χ1v) is 9.48. The lowest BCUT2D eigenvalue weighted by atomic mass is 10.1. The van der Waals surface area contributed by atoms with Gasteiger partial charge in [0, 0.05) is 17.3 Å². The Morgan fingerprint density at radius 1 is 1.03 bits per heavy atom. The fourth-order valence-corrected chi connectivity index (χ4v) is 3.19. The first-order valence-electron chi connectivity index (χ1n) is 8.72. The number of hydrogen-bond acceptors (Lipinski definition) is 4. The van der Waals surface area contributed by atoms with Crippen LogP contribution in [-0.4, -0.2) is 19.9 Å². The molecule has 4 aromatic rings. The maximum atomic E-state index is 13.2. The second kappa shape index (κ2) is 8.19. The van der Waals surface area contributed by atoms with E-state index >= 15 is 0 Å². The van der Waals surface area contributed by atoms with Gasteiger partial charge in [-0.15, -0.1) is 0 Å². The van der Waals surface area contributed by atoms with Crippen molar-refractivity contribution in [2.24, 2.45) is 0 Å². The van der Waals surface area contributed by atoms with Crippen LogP contribution >= 0.6 is 23.2 Å². The molecule has 1 N–H and O–H groups in total. The molecule has 0 aliphatic heterocycles. The molecule has 5 nitrogen and oxygen atoms in total. The topological polar surface area (TPSA) is 63.7 Å². The largest absolute Gasteiger partial charge is 0.487 e. The van der Waals surface area contributed by atoms with Crippen molar-refractivity contribution in [1.82, 2.24) is 19.9 Å². The van der Waals surface area contributed by atoms with E-state index < -0.39 is 5.95 Å². The molecule has 4 rings (SSSR count). The number of imidazole rings is 1. The average molecular weight is 429 g/mol. The summed E-state index contributed by atoms with van der Waals surface area (Å²) in [7, 11) is 0. The van der Waals surface area contributed by atoms with E-state index in [2.05, 4.69) is 19.9 Å². The zero-order valence-corrected chi connectivity index (χ0v) is 16.8. The van der Waals surface area contributed by atoms with Crippen LogP contribution in [0.5, 0.6) is 5.75 Å². The predicted octanol–water partition coefficient (Wildman–Crippen LogP) is 5.87. The summed E-state index contributed by atoms with van der Waals surface area (Å²) in [6, 6.07) is 13.7. The van der Waals surface area contributed by atoms with Gasteiger partial charge in [0.25, 0.3) is 0 Å². The first kappa shape index (κ1) is 19.4. The Balaban J connectivity index is 1.55. The molecule has 0 radical (unpaired) electrons.